The quantitative estimate of drug-likeness (QED) is 0.160. The van der Waals surface area contributed by atoms with Crippen LogP contribution in [0.5, 0.6) is 0 Å². The molecule has 12 aromatic rings. The molecule has 59 heavy (non-hydrogen) atoms. The molecule has 1 heterocycles. The highest BCUT2D eigenvalue weighted by Crippen LogP contribution is 2.48. The Hall–Kier alpha value is -7.74. The summed E-state index contributed by atoms with van der Waals surface area (Å²) in [6.07, 6.45) is 0. The van der Waals surface area contributed by atoms with Gasteiger partial charge in [0.25, 0.3) is 0 Å². The molecule has 0 N–H and O–H groups in total. The third-order valence-corrected chi connectivity index (χ3v) is 12.2. The van der Waals surface area contributed by atoms with Gasteiger partial charge in [0, 0.05) is 10.8 Å². The second kappa shape index (κ2) is 13.4. The van der Waals surface area contributed by atoms with E-state index in [2.05, 4.69) is 218 Å². The van der Waals surface area contributed by atoms with E-state index in [4.69, 9.17) is 4.42 Å². The first-order valence-corrected chi connectivity index (χ1v) is 20.3. The summed E-state index contributed by atoms with van der Waals surface area (Å²) in [5.41, 5.74) is 13.9. The van der Waals surface area contributed by atoms with E-state index < -0.39 is 0 Å². The predicted molar refractivity (Wildman–Crippen MR) is 251 cm³/mol. The minimum Gasteiger partial charge on any atom is -0.456 e. The Balaban J connectivity index is 1.08. The molecule has 12 rings (SSSR count). The van der Waals surface area contributed by atoms with E-state index in [1.807, 2.05) is 0 Å². The molecule has 274 valence electrons. The standard InChI is InChI=1S/C58H36O/c1-3-15-37(16-4-1)41-33-42(38-17-5-2-6-18-38)35-43(34-41)56-48-23-11-13-25-50(48)57(51-26-14-12-24-49(51)56)52-31-30-44(46-21-9-10-22-47(46)52)40-27-29-53-55(36-40)59-54-32-28-39-19-7-8-20-45(39)58(53)54/h1-36H. The van der Waals surface area contributed by atoms with E-state index in [0.29, 0.717) is 0 Å². The van der Waals surface area contributed by atoms with Crippen molar-refractivity contribution in [2.45, 2.75) is 0 Å². The van der Waals surface area contributed by atoms with Gasteiger partial charge in [0.05, 0.1) is 0 Å². The maximum Gasteiger partial charge on any atom is 0.136 e. The number of hydrogen-bond acceptors (Lipinski definition) is 1. The summed E-state index contributed by atoms with van der Waals surface area (Å²) in [5.74, 6) is 0. The van der Waals surface area contributed by atoms with Gasteiger partial charge in [-0.2, -0.15) is 0 Å². The number of benzene rings is 11. The molecule has 1 nitrogen and oxygen atoms in total. The zero-order valence-corrected chi connectivity index (χ0v) is 32.2. The first kappa shape index (κ1) is 33.4. The summed E-state index contributed by atoms with van der Waals surface area (Å²) < 4.78 is 6.54. The Labute approximate surface area is 342 Å². The maximum absolute atomic E-state index is 6.54. The van der Waals surface area contributed by atoms with Gasteiger partial charge >= 0.3 is 0 Å². The zero-order valence-electron chi connectivity index (χ0n) is 32.2. The molecule has 0 unspecified atom stereocenters. The van der Waals surface area contributed by atoms with Gasteiger partial charge in [-0.1, -0.05) is 182 Å². The highest BCUT2D eigenvalue weighted by atomic mass is 16.3. The van der Waals surface area contributed by atoms with Gasteiger partial charge in [0.15, 0.2) is 0 Å². The van der Waals surface area contributed by atoms with Crippen molar-refractivity contribution < 1.29 is 4.42 Å². The Morgan fingerprint density at radius 1 is 0.237 bits per heavy atom. The molecular formula is C58H36O. The fourth-order valence-corrected chi connectivity index (χ4v) is 9.58. The lowest BCUT2D eigenvalue weighted by atomic mass is 9.83. The van der Waals surface area contributed by atoms with Crippen molar-refractivity contribution in [2.24, 2.45) is 0 Å². The van der Waals surface area contributed by atoms with Crippen LogP contribution in [0.1, 0.15) is 0 Å². The highest BCUT2D eigenvalue weighted by Gasteiger charge is 2.21. The van der Waals surface area contributed by atoms with E-state index in [-0.39, 0.29) is 0 Å². The van der Waals surface area contributed by atoms with Gasteiger partial charge in [-0.05, 0) is 135 Å². The summed E-state index contributed by atoms with van der Waals surface area (Å²) >= 11 is 0. The second-order valence-electron chi connectivity index (χ2n) is 15.6. The molecule has 0 amide bonds. The lowest BCUT2D eigenvalue weighted by Crippen LogP contribution is -1.93. The van der Waals surface area contributed by atoms with E-state index in [0.717, 1.165) is 22.1 Å². The van der Waals surface area contributed by atoms with Crippen molar-refractivity contribution in [1.29, 1.82) is 0 Å². The minimum atomic E-state index is 0.904. The van der Waals surface area contributed by atoms with Crippen LogP contribution in [0.3, 0.4) is 0 Å². The number of hydrogen-bond donors (Lipinski definition) is 0. The first-order chi connectivity index (χ1) is 29.3. The normalized spacial score (nSPS) is 11.7. The molecule has 0 fully saturated rings. The molecule has 0 radical (unpaired) electrons. The Kier molecular flexibility index (Phi) is 7.61. The van der Waals surface area contributed by atoms with E-state index in [1.165, 1.54) is 98.5 Å². The van der Waals surface area contributed by atoms with Crippen molar-refractivity contribution in [1.82, 2.24) is 0 Å². The molecule has 11 aromatic carbocycles. The summed E-state index contributed by atoms with van der Waals surface area (Å²) in [4.78, 5) is 0. The van der Waals surface area contributed by atoms with Crippen LogP contribution >= 0.6 is 0 Å². The first-order valence-electron chi connectivity index (χ1n) is 20.3. The Morgan fingerprint density at radius 2 is 0.729 bits per heavy atom. The molecule has 0 aliphatic carbocycles. The van der Waals surface area contributed by atoms with Crippen LogP contribution in [-0.4, -0.2) is 0 Å². The summed E-state index contributed by atoms with van der Waals surface area (Å²) in [6.45, 7) is 0. The van der Waals surface area contributed by atoms with Crippen molar-refractivity contribution in [2.75, 3.05) is 0 Å². The lowest BCUT2D eigenvalue weighted by molar-refractivity contribution is 0.669. The molecule has 0 atom stereocenters. The molecular weight excluding hydrogens is 713 g/mol. The van der Waals surface area contributed by atoms with Crippen molar-refractivity contribution in [3.05, 3.63) is 218 Å². The van der Waals surface area contributed by atoms with E-state index >= 15 is 0 Å². The Bertz CT molecular complexity index is 3480. The van der Waals surface area contributed by atoms with Crippen LogP contribution in [0.25, 0.3) is 121 Å². The van der Waals surface area contributed by atoms with Crippen molar-refractivity contribution in [3.8, 4) is 55.6 Å². The van der Waals surface area contributed by atoms with Gasteiger partial charge < -0.3 is 4.42 Å². The molecule has 1 heteroatoms. The predicted octanol–water partition coefficient (Wildman–Crippen LogP) is 16.5. The number of furan rings is 1. The SMILES string of the molecule is c1ccc(-c2cc(-c3ccccc3)cc(-c3c4ccccc4c(-c4ccc(-c5ccc6c(c5)oc5ccc7ccccc7c56)c5ccccc45)c4ccccc34)c2)cc1. The maximum atomic E-state index is 6.54. The van der Waals surface area contributed by atoms with Gasteiger partial charge in [-0.15, -0.1) is 0 Å². The van der Waals surface area contributed by atoms with Gasteiger partial charge in [-0.3, -0.25) is 0 Å². The largest absolute Gasteiger partial charge is 0.456 e. The third kappa shape index (κ3) is 5.40. The molecule has 0 aliphatic rings. The van der Waals surface area contributed by atoms with Crippen molar-refractivity contribution in [3.63, 3.8) is 0 Å². The highest BCUT2D eigenvalue weighted by molar-refractivity contribution is 6.25. The van der Waals surface area contributed by atoms with Crippen LogP contribution in [0, 0.1) is 0 Å². The van der Waals surface area contributed by atoms with Crippen molar-refractivity contribution >= 4 is 65.0 Å². The number of fused-ring (bicyclic) bond motifs is 8. The molecule has 0 saturated carbocycles. The molecule has 0 bridgehead atoms. The Morgan fingerprint density at radius 3 is 1.36 bits per heavy atom. The monoisotopic (exact) mass is 748 g/mol. The average molecular weight is 749 g/mol. The fraction of sp³-hybridized carbons (Fsp3) is 0. The molecule has 0 aliphatic heterocycles. The second-order valence-corrected chi connectivity index (χ2v) is 15.6. The fourth-order valence-electron chi connectivity index (χ4n) is 9.58. The molecule has 0 spiro atoms. The van der Waals surface area contributed by atoms with Crippen LogP contribution in [0.15, 0.2) is 223 Å². The zero-order chi connectivity index (χ0) is 38.9. The topological polar surface area (TPSA) is 13.1 Å². The molecule has 0 saturated heterocycles. The number of rotatable bonds is 5. The smallest absolute Gasteiger partial charge is 0.136 e. The van der Waals surface area contributed by atoms with E-state index in [1.54, 1.807) is 0 Å². The third-order valence-electron chi connectivity index (χ3n) is 12.2. The van der Waals surface area contributed by atoms with Crippen LogP contribution < -0.4 is 0 Å². The summed E-state index contributed by atoms with van der Waals surface area (Å²) in [7, 11) is 0. The van der Waals surface area contributed by atoms with Gasteiger partial charge in [0.2, 0.25) is 0 Å². The summed E-state index contributed by atoms with van der Waals surface area (Å²) in [5, 5.41) is 12.1. The molecule has 1 aromatic heterocycles. The van der Waals surface area contributed by atoms with Gasteiger partial charge in [0.1, 0.15) is 11.2 Å². The summed E-state index contributed by atoms with van der Waals surface area (Å²) in [6, 6.07) is 79.6. The minimum absolute atomic E-state index is 0.904. The van der Waals surface area contributed by atoms with Crippen LogP contribution in [0.2, 0.25) is 0 Å². The average Bonchev–Trinajstić information content (AvgIpc) is 3.69. The lowest BCUT2D eigenvalue weighted by Gasteiger charge is -2.20. The van der Waals surface area contributed by atoms with Crippen LogP contribution in [-0.2, 0) is 0 Å². The van der Waals surface area contributed by atoms with Gasteiger partial charge in [-0.25, -0.2) is 0 Å². The van der Waals surface area contributed by atoms with E-state index in [9.17, 15) is 0 Å². The van der Waals surface area contributed by atoms with Crippen LogP contribution in [0.4, 0.5) is 0 Å².